The zero-order valence-electron chi connectivity index (χ0n) is 46.2. The molecule has 0 amide bonds. The molecule has 10 saturated heterocycles. The van der Waals surface area contributed by atoms with Crippen LogP contribution in [-0.4, -0.2) is 307 Å². The fourth-order valence-electron chi connectivity index (χ4n) is 12.9. The lowest BCUT2D eigenvalue weighted by Gasteiger charge is -2.52. The van der Waals surface area contributed by atoms with Crippen LogP contribution in [-0.2, 0) is 51.0 Å². The Labute approximate surface area is 463 Å². The van der Waals surface area contributed by atoms with Gasteiger partial charge in [0.15, 0.2) is 0 Å². The maximum Gasteiger partial charge on any atom is 0.221 e. The number of hydrogen-bond acceptors (Lipinski definition) is 26. The van der Waals surface area contributed by atoms with E-state index < -0.39 is 45.0 Å². The van der Waals surface area contributed by atoms with Crippen LogP contribution in [0.2, 0.25) is 0 Å². The quantitative estimate of drug-likeness (QED) is 0.237. The molecule has 12 aliphatic rings. The third-order valence-electron chi connectivity index (χ3n) is 17.1. The van der Waals surface area contributed by atoms with E-state index in [-0.39, 0.29) is 0 Å². The highest BCUT2D eigenvalue weighted by Gasteiger charge is 2.56. The zero-order chi connectivity index (χ0) is 52.7. The molecule has 0 N–H and O–H groups in total. The first-order valence-electron chi connectivity index (χ1n) is 28.8. The third kappa shape index (κ3) is 10.6. The van der Waals surface area contributed by atoms with Gasteiger partial charge in [-0.2, -0.15) is 27.1 Å². The Morgan fingerprint density at radius 3 is 0.731 bits per heavy atom. The predicted molar refractivity (Wildman–Crippen MR) is 308 cm³/mol. The summed E-state index contributed by atoms with van der Waals surface area (Å²) in [6, 6.07) is 9.43. The Balaban J connectivity index is 0.923. The van der Waals surface area contributed by atoms with Gasteiger partial charge in [-0.05, 0) is 25.2 Å². The van der Waals surface area contributed by atoms with Crippen molar-refractivity contribution < 1.29 is 37.9 Å². The van der Waals surface area contributed by atoms with Crippen molar-refractivity contribution >= 4 is 45.0 Å². The molecule has 0 saturated carbocycles. The van der Waals surface area contributed by atoms with Crippen LogP contribution in [0.5, 0.6) is 0 Å². The maximum atomic E-state index is 6.40. The zero-order valence-corrected chi connectivity index (χ0v) is 51.5. The highest BCUT2D eigenvalue weighted by atomic mass is 31.3. The fraction of sp³-hybridized carbons (Fsp3) is 0.870. The van der Waals surface area contributed by atoms with Crippen molar-refractivity contribution in [3.8, 4) is 0 Å². The highest BCUT2D eigenvalue weighted by molar-refractivity contribution is 7.84. The Kier molecular flexibility index (Phi) is 18.0. The SMILES string of the molecule is CN1CCN(Cc2cccc(CN3CCN(C)P34=NP(N3CCOCC3)(N3CCOCC3)=NP(N3CCOCC3)(N3CCOCC3)=N4)c2)P12=NP(N1CCOCC1)(N1CCOCC1)=NP(N1CCOCC1)(N1CCOCC1)=N2. The molecule has 32 heteroatoms. The number of nitrogens with zero attached hydrogens (tertiary/aromatic N) is 18. The van der Waals surface area contributed by atoms with E-state index in [1.54, 1.807) is 0 Å². The molecule has 0 aromatic heterocycles. The van der Waals surface area contributed by atoms with Crippen molar-refractivity contribution in [2.24, 2.45) is 27.1 Å². The van der Waals surface area contributed by atoms with Gasteiger partial charge < -0.3 is 37.9 Å². The molecule has 0 bridgehead atoms. The maximum absolute atomic E-state index is 6.40. The number of likely N-dealkylation sites (N-methyl/N-ethyl adjacent to an activating group) is 2. The van der Waals surface area contributed by atoms with E-state index in [0.29, 0.717) is 106 Å². The van der Waals surface area contributed by atoms with Crippen LogP contribution in [0.25, 0.3) is 0 Å². The second kappa shape index (κ2) is 24.6. The molecule has 12 aliphatic heterocycles. The van der Waals surface area contributed by atoms with Crippen molar-refractivity contribution in [3.63, 3.8) is 0 Å². The van der Waals surface area contributed by atoms with E-state index >= 15 is 0 Å². The van der Waals surface area contributed by atoms with Crippen LogP contribution >= 0.6 is 45.0 Å². The molecule has 0 aliphatic carbocycles. The van der Waals surface area contributed by atoms with Crippen LogP contribution in [0.15, 0.2) is 51.4 Å². The highest BCUT2D eigenvalue weighted by Crippen LogP contribution is 2.86. The van der Waals surface area contributed by atoms with Gasteiger partial charge in [0, 0.05) is 144 Å². The first-order chi connectivity index (χ1) is 38.3. The van der Waals surface area contributed by atoms with Gasteiger partial charge in [-0.1, -0.05) is 24.3 Å². The van der Waals surface area contributed by atoms with Crippen molar-refractivity contribution in [1.29, 1.82) is 0 Å². The molecule has 26 nitrogen and oxygen atoms in total. The number of ether oxygens (including phenoxy) is 8. The molecule has 78 heavy (non-hydrogen) atoms. The van der Waals surface area contributed by atoms with Gasteiger partial charge in [0.1, 0.15) is 0 Å². The van der Waals surface area contributed by atoms with E-state index in [2.05, 4.69) is 94.4 Å². The van der Waals surface area contributed by atoms with Gasteiger partial charge in [0.2, 0.25) is 45.0 Å². The summed E-state index contributed by atoms with van der Waals surface area (Å²) in [5.74, 6) is 0. The molecular weight excluding hydrogens is 1120 g/mol. The standard InChI is InChI=1S/C46H86N18O8P6/c1-53-6-8-63(73(53)47-75(55-10-26-65-27-11-55,56-12-28-66-29-13-56)51-76(48-73,57-14-30-67-31-15-57)58-16-32-68-33-17-58)43-45-4-3-5-46(42-45)44-64-9-7-54(2)74(64)49-77(59-18-34-69-35-19-59,60-20-36-70-37-21-60)52-78(50-74,61-22-38-71-39-23-61)62-24-40-72-41-25-62/h3-5,42H,6-41,43-44H2,1-2H3. The number of benzene rings is 1. The van der Waals surface area contributed by atoms with Crippen LogP contribution in [0.4, 0.5) is 0 Å². The second-order valence-corrected chi connectivity index (χ2v) is 39.4. The largest absolute Gasteiger partial charge is 0.379 e. The van der Waals surface area contributed by atoms with Gasteiger partial charge in [-0.25, -0.2) is 56.0 Å². The summed E-state index contributed by atoms with van der Waals surface area (Å²) in [6.07, 6.45) is 0. The van der Waals surface area contributed by atoms with Gasteiger partial charge in [0.25, 0.3) is 0 Å². The molecule has 12 heterocycles. The van der Waals surface area contributed by atoms with Gasteiger partial charge in [-0.15, -0.1) is 0 Å². The molecule has 10 fully saturated rings. The lowest BCUT2D eigenvalue weighted by atomic mass is 10.1. The predicted octanol–water partition coefficient (Wildman–Crippen LogP) is 5.54. The second-order valence-electron chi connectivity index (χ2n) is 21.6. The van der Waals surface area contributed by atoms with E-state index in [4.69, 9.17) is 65.0 Å². The van der Waals surface area contributed by atoms with Gasteiger partial charge >= 0.3 is 0 Å². The first kappa shape index (κ1) is 56.9. The summed E-state index contributed by atoms with van der Waals surface area (Å²) in [6.45, 7) is 28.4. The van der Waals surface area contributed by atoms with Gasteiger partial charge in [-0.3, -0.25) is 0 Å². The monoisotopic (exact) mass is 1200 g/mol. The van der Waals surface area contributed by atoms with Crippen LogP contribution in [0.1, 0.15) is 11.1 Å². The lowest BCUT2D eigenvalue weighted by Crippen LogP contribution is -2.46. The van der Waals surface area contributed by atoms with E-state index in [0.717, 1.165) is 144 Å². The number of morpholine rings is 8. The Bertz CT molecular complexity index is 2290. The van der Waals surface area contributed by atoms with Gasteiger partial charge in [0.05, 0.1) is 106 Å². The molecule has 13 rings (SSSR count). The van der Waals surface area contributed by atoms with Crippen LogP contribution < -0.4 is 0 Å². The van der Waals surface area contributed by atoms with Crippen molar-refractivity contribution in [3.05, 3.63) is 35.4 Å². The minimum absolute atomic E-state index is 0.671. The Morgan fingerprint density at radius 2 is 0.500 bits per heavy atom. The molecule has 2 atom stereocenters. The summed E-state index contributed by atoms with van der Waals surface area (Å²) in [7, 11) is -12.0. The van der Waals surface area contributed by atoms with E-state index in [1.165, 1.54) is 11.1 Å². The minimum Gasteiger partial charge on any atom is -0.379 e. The normalized spacial score (nSPS) is 34.2. The molecule has 1 aromatic rings. The lowest BCUT2D eigenvalue weighted by molar-refractivity contribution is 0.0546. The topological polar surface area (TPSA) is 187 Å². The summed E-state index contributed by atoms with van der Waals surface area (Å²) >= 11 is 0. The first-order valence-corrected chi connectivity index (χ1v) is 38.4. The fourth-order valence-corrected chi connectivity index (χ4v) is 44.6. The number of hydrogen-bond donors (Lipinski definition) is 0. The minimum atomic E-state index is -2.79. The number of rotatable bonds is 12. The van der Waals surface area contributed by atoms with Crippen molar-refractivity contribution in [1.82, 2.24) is 56.0 Å². The van der Waals surface area contributed by atoms with Crippen molar-refractivity contribution in [2.75, 3.05) is 251 Å². The Morgan fingerprint density at radius 1 is 0.295 bits per heavy atom. The average molecular weight is 1210 g/mol. The summed E-state index contributed by atoms with van der Waals surface area (Å²) in [4.78, 5) is 0. The average Bonchev–Trinajstić information content (AvgIpc) is 4.14. The van der Waals surface area contributed by atoms with E-state index in [9.17, 15) is 0 Å². The van der Waals surface area contributed by atoms with Crippen LogP contribution in [0.3, 0.4) is 0 Å². The molecule has 1 aromatic carbocycles. The molecule has 2 spiro atoms. The third-order valence-corrected chi connectivity index (χ3v) is 42.4. The summed E-state index contributed by atoms with van der Waals surface area (Å²) in [5.41, 5.74) is 2.55. The molecular formula is C46H86N18O8P6. The summed E-state index contributed by atoms with van der Waals surface area (Å²) in [5, 5.41) is 0. The van der Waals surface area contributed by atoms with Crippen molar-refractivity contribution in [2.45, 2.75) is 13.1 Å². The van der Waals surface area contributed by atoms with E-state index in [1.807, 2.05) is 0 Å². The molecule has 438 valence electrons. The molecule has 0 radical (unpaired) electrons. The Hall–Kier alpha value is -0.200. The summed E-state index contributed by atoms with van der Waals surface area (Å²) < 4.78 is 119. The van der Waals surface area contributed by atoms with Crippen LogP contribution in [0, 0.1) is 0 Å². The molecule has 2 unspecified atom stereocenters. The smallest absolute Gasteiger partial charge is 0.221 e.